The number of hydrogen-bond acceptors (Lipinski definition) is 3. The molecule has 0 saturated heterocycles. The van der Waals surface area contributed by atoms with Crippen molar-refractivity contribution in [2.45, 2.75) is 32.7 Å². The SMILES string of the molecule is CCC(CC#N)NC(=O)c1cc2cccc(C)c2nc1Cl. The van der Waals surface area contributed by atoms with E-state index in [1.165, 1.54) is 0 Å². The molecule has 1 aromatic heterocycles. The molecular weight excluding hydrogens is 286 g/mol. The number of nitrogens with zero attached hydrogens (tertiary/aromatic N) is 2. The largest absolute Gasteiger partial charge is 0.348 e. The van der Waals surface area contributed by atoms with Gasteiger partial charge in [0.1, 0.15) is 5.15 Å². The molecule has 0 aliphatic rings. The van der Waals surface area contributed by atoms with Crippen LogP contribution < -0.4 is 5.32 Å². The number of para-hydroxylation sites is 1. The molecule has 0 fully saturated rings. The van der Waals surface area contributed by atoms with Crippen molar-refractivity contribution in [3.05, 3.63) is 40.5 Å². The van der Waals surface area contributed by atoms with Crippen LogP contribution in [0.1, 0.15) is 35.7 Å². The number of hydrogen-bond donors (Lipinski definition) is 1. The second kappa shape index (κ2) is 6.55. The number of aryl methyl sites for hydroxylation is 1. The number of carbonyl (C=O) groups is 1. The van der Waals surface area contributed by atoms with Gasteiger partial charge in [-0.2, -0.15) is 5.26 Å². The van der Waals surface area contributed by atoms with Crippen molar-refractivity contribution in [2.75, 3.05) is 0 Å². The highest BCUT2D eigenvalue weighted by Crippen LogP contribution is 2.23. The van der Waals surface area contributed by atoms with Crippen LogP contribution in [0.25, 0.3) is 10.9 Å². The number of amides is 1. The molecule has 0 saturated carbocycles. The molecule has 108 valence electrons. The van der Waals surface area contributed by atoms with E-state index in [4.69, 9.17) is 16.9 Å². The van der Waals surface area contributed by atoms with Crippen LogP contribution in [-0.2, 0) is 0 Å². The lowest BCUT2D eigenvalue weighted by atomic mass is 10.1. The molecule has 0 aliphatic heterocycles. The van der Waals surface area contributed by atoms with Gasteiger partial charge in [0.15, 0.2) is 0 Å². The lowest BCUT2D eigenvalue weighted by Crippen LogP contribution is -2.34. The van der Waals surface area contributed by atoms with Gasteiger partial charge in [0.2, 0.25) is 0 Å². The van der Waals surface area contributed by atoms with Crippen molar-refractivity contribution in [3.8, 4) is 6.07 Å². The third kappa shape index (κ3) is 3.32. The van der Waals surface area contributed by atoms with E-state index in [1.54, 1.807) is 6.07 Å². The summed E-state index contributed by atoms with van der Waals surface area (Å²) in [6.45, 7) is 3.87. The molecule has 5 heteroatoms. The second-order valence-corrected chi connectivity index (χ2v) is 5.27. The third-order valence-electron chi connectivity index (χ3n) is 3.41. The standard InChI is InChI=1S/C16H16ClN3O/c1-3-12(7-8-18)19-16(21)13-9-11-6-4-5-10(2)14(11)20-15(13)17/h4-6,9,12H,3,7H2,1-2H3,(H,19,21). The number of rotatable bonds is 4. The van der Waals surface area contributed by atoms with Gasteiger partial charge in [0.05, 0.1) is 23.6 Å². The monoisotopic (exact) mass is 301 g/mol. The number of nitrogens with one attached hydrogen (secondary N) is 1. The second-order valence-electron chi connectivity index (χ2n) is 4.91. The highest BCUT2D eigenvalue weighted by molar-refractivity contribution is 6.33. The van der Waals surface area contributed by atoms with Gasteiger partial charge in [0.25, 0.3) is 5.91 Å². The van der Waals surface area contributed by atoms with Crippen molar-refractivity contribution in [2.24, 2.45) is 0 Å². The Labute approximate surface area is 128 Å². The summed E-state index contributed by atoms with van der Waals surface area (Å²) in [5.41, 5.74) is 2.14. The van der Waals surface area contributed by atoms with Gasteiger partial charge in [0, 0.05) is 11.4 Å². The lowest BCUT2D eigenvalue weighted by Gasteiger charge is -2.14. The summed E-state index contributed by atoms with van der Waals surface area (Å²) >= 11 is 6.14. The minimum atomic E-state index is -0.294. The maximum absolute atomic E-state index is 12.3. The van der Waals surface area contributed by atoms with Crippen LogP contribution in [0.5, 0.6) is 0 Å². The predicted octanol–water partition coefficient (Wildman–Crippen LogP) is 3.62. The molecule has 21 heavy (non-hydrogen) atoms. The molecule has 1 aromatic carbocycles. The van der Waals surface area contributed by atoms with Gasteiger partial charge in [-0.1, -0.05) is 36.7 Å². The summed E-state index contributed by atoms with van der Waals surface area (Å²) in [6.07, 6.45) is 0.969. The fourth-order valence-electron chi connectivity index (χ4n) is 2.15. The van der Waals surface area contributed by atoms with Crippen LogP contribution in [0.2, 0.25) is 5.15 Å². The van der Waals surface area contributed by atoms with Crippen molar-refractivity contribution in [1.29, 1.82) is 5.26 Å². The molecule has 1 unspecified atom stereocenters. The third-order valence-corrected chi connectivity index (χ3v) is 3.70. The Morgan fingerprint density at radius 1 is 1.52 bits per heavy atom. The average molecular weight is 302 g/mol. The van der Waals surface area contributed by atoms with Crippen molar-refractivity contribution in [1.82, 2.24) is 10.3 Å². The van der Waals surface area contributed by atoms with Crippen LogP contribution >= 0.6 is 11.6 Å². The fraction of sp³-hybridized carbons (Fsp3) is 0.312. The molecule has 1 amide bonds. The Balaban J connectivity index is 2.36. The van der Waals surface area contributed by atoms with Crippen molar-refractivity contribution >= 4 is 28.4 Å². The Hall–Kier alpha value is -2.12. The predicted molar refractivity (Wildman–Crippen MR) is 83.3 cm³/mol. The van der Waals surface area contributed by atoms with Gasteiger partial charge >= 0.3 is 0 Å². The number of carbonyl (C=O) groups excluding carboxylic acids is 1. The van der Waals surface area contributed by atoms with E-state index in [-0.39, 0.29) is 23.5 Å². The summed E-state index contributed by atoms with van der Waals surface area (Å²) in [4.78, 5) is 16.6. The average Bonchev–Trinajstić information content (AvgIpc) is 2.47. The maximum Gasteiger partial charge on any atom is 0.254 e. The van der Waals surface area contributed by atoms with Crippen LogP contribution in [0.3, 0.4) is 0 Å². The van der Waals surface area contributed by atoms with Crippen LogP contribution in [-0.4, -0.2) is 16.9 Å². The molecule has 4 nitrogen and oxygen atoms in total. The molecule has 2 aromatic rings. The van der Waals surface area contributed by atoms with E-state index in [9.17, 15) is 4.79 Å². The van der Waals surface area contributed by atoms with E-state index < -0.39 is 0 Å². The first-order valence-electron chi connectivity index (χ1n) is 6.80. The zero-order valence-corrected chi connectivity index (χ0v) is 12.7. The first-order chi connectivity index (χ1) is 10.1. The number of fused-ring (bicyclic) bond motifs is 1. The molecule has 1 heterocycles. The quantitative estimate of drug-likeness (QED) is 0.877. The number of benzene rings is 1. The number of pyridine rings is 1. The maximum atomic E-state index is 12.3. The summed E-state index contributed by atoms with van der Waals surface area (Å²) in [5.74, 6) is -0.294. The Bertz CT molecular complexity index is 721. The van der Waals surface area contributed by atoms with E-state index in [0.29, 0.717) is 12.0 Å². The first kappa shape index (κ1) is 15.3. The van der Waals surface area contributed by atoms with Crippen molar-refractivity contribution < 1.29 is 4.79 Å². The Morgan fingerprint density at radius 3 is 2.95 bits per heavy atom. The van der Waals surface area contributed by atoms with Gasteiger partial charge in [-0.15, -0.1) is 0 Å². The highest BCUT2D eigenvalue weighted by Gasteiger charge is 2.16. The first-order valence-corrected chi connectivity index (χ1v) is 7.18. The summed E-state index contributed by atoms with van der Waals surface area (Å²) in [7, 11) is 0. The van der Waals surface area contributed by atoms with E-state index >= 15 is 0 Å². The smallest absolute Gasteiger partial charge is 0.254 e. The van der Waals surface area contributed by atoms with Crippen LogP contribution in [0.15, 0.2) is 24.3 Å². The minimum absolute atomic E-state index is 0.174. The Kier molecular flexibility index (Phi) is 4.77. The van der Waals surface area contributed by atoms with Crippen LogP contribution in [0, 0.1) is 18.3 Å². The molecule has 1 N–H and O–H groups in total. The Morgan fingerprint density at radius 2 is 2.29 bits per heavy atom. The topological polar surface area (TPSA) is 65.8 Å². The summed E-state index contributed by atoms with van der Waals surface area (Å²) < 4.78 is 0. The molecule has 0 bridgehead atoms. The van der Waals surface area contributed by atoms with E-state index in [1.807, 2.05) is 32.0 Å². The van der Waals surface area contributed by atoms with Gasteiger partial charge in [-0.05, 0) is 25.0 Å². The molecule has 1 atom stereocenters. The number of halogens is 1. The fourth-order valence-corrected chi connectivity index (χ4v) is 2.38. The van der Waals surface area contributed by atoms with Gasteiger partial charge in [-0.3, -0.25) is 4.79 Å². The molecule has 0 spiro atoms. The van der Waals surface area contributed by atoms with Gasteiger partial charge < -0.3 is 5.32 Å². The zero-order valence-electron chi connectivity index (χ0n) is 12.0. The highest BCUT2D eigenvalue weighted by atomic mass is 35.5. The molecule has 0 radical (unpaired) electrons. The zero-order chi connectivity index (χ0) is 15.4. The lowest BCUT2D eigenvalue weighted by molar-refractivity contribution is 0.0936. The number of nitriles is 1. The summed E-state index contributed by atoms with van der Waals surface area (Å²) in [6, 6.07) is 9.40. The number of aromatic nitrogens is 1. The molecular formula is C16H16ClN3O. The normalized spacial score (nSPS) is 11.9. The molecule has 2 rings (SSSR count). The van der Waals surface area contributed by atoms with E-state index in [2.05, 4.69) is 16.4 Å². The van der Waals surface area contributed by atoms with Crippen molar-refractivity contribution in [3.63, 3.8) is 0 Å². The summed E-state index contributed by atoms with van der Waals surface area (Å²) in [5, 5.41) is 12.6. The minimum Gasteiger partial charge on any atom is -0.348 e. The van der Waals surface area contributed by atoms with Gasteiger partial charge in [-0.25, -0.2) is 4.98 Å². The van der Waals surface area contributed by atoms with Crippen LogP contribution in [0.4, 0.5) is 0 Å². The van der Waals surface area contributed by atoms with E-state index in [0.717, 1.165) is 16.5 Å². The molecule has 0 aliphatic carbocycles.